The van der Waals surface area contributed by atoms with Gasteiger partial charge in [0, 0.05) is 11.8 Å². The van der Waals surface area contributed by atoms with Crippen LogP contribution < -0.4 is 14.8 Å². The fourth-order valence-corrected chi connectivity index (χ4v) is 3.57. The molecular weight excluding hydrogens is 350 g/mol. The molecule has 28 heavy (non-hydrogen) atoms. The molecule has 0 radical (unpaired) electrons. The predicted molar refractivity (Wildman–Crippen MR) is 110 cm³/mol. The van der Waals surface area contributed by atoms with Gasteiger partial charge in [0.05, 0.1) is 5.92 Å². The largest absolute Gasteiger partial charge is 0.454 e. The van der Waals surface area contributed by atoms with Crippen LogP contribution in [-0.4, -0.2) is 12.7 Å². The number of fused-ring (bicyclic) bond motifs is 1. The molecule has 0 saturated heterocycles. The van der Waals surface area contributed by atoms with Crippen LogP contribution >= 0.6 is 0 Å². The lowest BCUT2D eigenvalue weighted by Gasteiger charge is -2.19. The maximum absolute atomic E-state index is 13.4. The number of hydrogen-bond donors (Lipinski definition) is 1. The molecule has 4 nitrogen and oxygen atoms in total. The van der Waals surface area contributed by atoms with Crippen LogP contribution in [0.2, 0.25) is 0 Å². The molecule has 1 aliphatic rings. The second-order valence-corrected chi connectivity index (χ2v) is 6.86. The number of rotatable bonds is 6. The number of carbonyl (C=O) groups is 1. The van der Waals surface area contributed by atoms with Gasteiger partial charge in [-0.25, -0.2) is 0 Å². The van der Waals surface area contributed by atoms with E-state index in [0.29, 0.717) is 5.75 Å². The van der Waals surface area contributed by atoms with Crippen LogP contribution in [0.3, 0.4) is 0 Å². The zero-order chi connectivity index (χ0) is 19.3. The number of carbonyl (C=O) groups excluding carboxylic acids is 1. The first-order valence-corrected chi connectivity index (χ1v) is 9.59. The van der Waals surface area contributed by atoms with Crippen molar-refractivity contribution >= 4 is 11.6 Å². The zero-order valence-electron chi connectivity index (χ0n) is 15.9. The Morgan fingerprint density at radius 3 is 2.07 bits per heavy atom. The summed E-state index contributed by atoms with van der Waals surface area (Å²) in [6.45, 7) is 2.34. The van der Waals surface area contributed by atoms with E-state index in [-0.39, 0.29) is 18.6 Å². The van der Waals surface area contributed by atoms with Crippen LogP contribution in [0.25, 0.3) is 0 Å². The van der Waals surface area contributed by atoms with E-state index in [2.05, 4.69) is 12.2 Å². The molecule has 0 fully saturated rings. The smallest absolute Gasteiger partial charge is 0.236 e. The third-order valence-electron chi connectivity index (χ3n) is 4.90. The van der Waals surface area contributed by atoms with E-state index in [9.17, 15) is 4.79 Å². The number of amides is 1. The molecule has 3 aromatic rings. The van der Waals surface area contributed by atoms with Gasteiger partial charge in [0.1, 0.15) is 0 Å². The molecule has 142 valence electrons. The van der Waals surface area contributed by atoms with E-state index >= 15 is 0 Å². The van der Waals surface area contributed by atoms with Crippen molar-refractivity contribution in [2.45, 2.75) is 25.7 Å². The summed E-state index contributed by atoms with van der Waals surface area (Å²) < 4.78 is 11.0. The van der Waals surface area contributed by atoms with Crippen molar-refractivity contribution in [3.05, 3.63) is 89.5 Å². The van der Waals surface area contributed by atoms with E-state index in [4.69, 9.17) is 9.47 Å². The Bertz CT molecular complexity index is 915. The van der Waals surface area contributed by atoms with Crippen LogP contribution in [0, 0.1) is 0 Å². The van der Waals surface area contributed by atoms with Crippen LogP contribution in [0.15, 0.2) is 72.8 Å². The molecule has 4 rings (SSSR count). The number of hydrogen-bond acceptors (Lipinski definition) is 3. The average molecular weight is 373 g/mol. The Labute approximate surface area is 165 Å². The topological polar surface area (TPSA) is 47.6 Å². The molecule has 0 saturated carbocycles. The van der Waals surface area contributed by atoms with Crippen LogP contribution in [0.5, 0.6) is 11.5 Å². The van der Waals surface area contributed by atoms with E-state index < -0.39 is 0 Å². The molecule has 1 N–H and O–H groups in total. The van der Waals surface area contributed by atoms with Crippen molar-refractivity contribution in [1.82, 2.24) is 0 Å². The minimum absolute atomic E-state index is 0.0615. The molecule has 1 amide bonds. The standard InChI is InChI=1S/C24H23NO3/c1-2-9-19-14-21-22(28-16-27-21)15-20(19)25-24(26)23(17-10-5-3-6-11-17)18-12-7-4-8-13-18/h3-8,10-15,23H,2,9,16H2,1H3,(H,25,26). The summed E-state index contributed by atoms with van der Waals surface area (Å²) >= 11 is 0. The van der Waals surface area contributed by atoms with Crippen molar-refractivity contribution in [1.29, 1.82) is 0 Å². The lowest BCUT2D eigenvalue weighted by molar-refractivity contribution is -0.116. The Morgan fingerprint density at radius 2 is 1.50 bits per heavy atom. The fraction of sp³-hybridized carbons (Fsp3) is 0.208. The van der Waals surface area contributed by atoms with Gasteiger partial charge in [0.2, 0.25) is 12.7 Å². The number of aryl methyl sites for hydroxylation is 1. The highest BCUT2D eigenvalue weighted by Gasteiger charge is 2.25. The molecule has 0 spiro atoms. The SMILES string of the molecule is CCCc1cc2c(cc1NC(=O)C(c1ccccc1)c1ccccc1)OCO2. The van der Waals surface area contributed by atoms with Gasteiger partial charge in [0.25, 0.3) is 0 Å². The molecule has 3 aromatic carbocycles. The highest BCUT2D eigenvalue weighted by Crippen LogP contribution is 2.38. The summed E-state index contributed by atoms with van der Waals surface area (Å²) in [7, 11) is 0. The minimum Gasteiger partial charge on any atom is -0.454 e. The Balaban J connectivity index is 1.69. The van der Waals surface area contributed by atoms with Crippen molar-refractivity contribution in [2.24, 2.45) is 0 Å². The van der Waals surface area contributed by atoms with Crippen molar-refractivity contribution < 1.29 is 14.3 Å². The number of benzene rings is 3. The molecule has 1 heterocycles. The van der Waals surface area contributed by atoms with Gasteiger partial charge in [-0.2, -0.15) is 0 Å². The normalized spacial score (nSPS) is 12.2. The summed E-state index contributed by atoms with van der Waals surface area (Å²) in [5.74, 6) is 0.964. The Kier molecular flexibility index (Phi) is 5.29. The van der Waals surface area contributed by atoms with E-state index in [1.54, 1.807) is 0 Å². The lowest BCUT2D eigenvalue weighted by Crippen LogP contribution is -2.23. The summed E-state index contributed by atoms with van der Waals surface area (Å²) in [5.41, 5.74) is 3.76. The first kappa shape index (κ1) is 18.1. The van der Waals surface area contributed by atoms with Gasteiger partial charge >= 0.3 is 0 Å². The minimum atomic E-state index is -0.387. The van der Waals surface area contributed by atoms with Gasteiger partial charge in [-0.05, 0) is 29.2 Å². The highest BCUT2D eigenvalue weighted by molar-refractivity contribution is 5.99. The summed E-state index contributed by atoms with van der Waals surface area (Å²) in [4.78, 5) is 13.4. The van der Waals surface area contributed by atoms with E-state index in [1.807, 2.05) is 72.8 Å². The maximum atomic E-state index is 13.4. The molecule has 0 atom stereocenters. The van der Waals surface area contributed by atoms with Crippen molar-refractivity contribution in [2.75, 3.05) is 12.1 Å². The zero-order valence-corrected chi connectivity index (χ0v) is 15.9. The van der Waals surface area contributed by atoms with Crippen molar-refractivity contribution in [3.8, 4) is 11.5 Å². The summed E-state index contributed by atoms with van der Waals surface area (Å²) in [6.07, 6.45) is 1.83. The quantitative estimate of drug-likeness (QED) is 0.651. The molecule has 0 aromatic heterocycles. The van der Waals surface area contributed by atoms with Crippen LogP contribution in [-0.2, 0) is 11.2 Å². The maximum Gasteiger partial charge on any atom is 0.236 e. The first-order chi connectivity index (χ1) is 13.8. The molecule has 0 bridgehead atoms. The monoisotopic (exact) mass is 373 g/mol. The second-order valence-electron chi connectivity index (χ2n) is 6.86. The lowest BCUT2D eigenvalue weighted by atomic mass is 9.90. The summed E-state index contributed by atoms with van der Waals surface area (Å²) in [6, 6.07) is 23.6. The van der Waals surface area contributed by atoms with Gasteiger partial charge in [0.15, 0.2) is 11.5 Å². The third kappa shape index (κ3) is 3.72. The Hall–Kier alpha value is -3.27. The van der Waals surface area contributed by atoms with Gasteiger partial charge in [-0.1, -0.05) is 74.0 Å². The predicted octanol–water partition coefficient (Wildman–Crippen LogP) is 5.14. The van der Waals surface area contributed by atoms with Crippen molar-refractivity contribution in [3.63, 3.8) is 0 Å². The average Bonchev–Trinajstić information content (AvgIpc) is 3.17. The number of anilines is 1. The molecule has 0 unspecified atom stereocenters. The second kappa shape index (κ2) is 8.17. The van der Waals surface area contributed by atoms with Crippen LogP contribution in [0.1, 0.15) is 36.0 Å². The van der Waals surface area contributed by atoms with Gasteiger partial charge in [-0.15, -0.1) is 0 Å². The Morgan fingerprint density at radius 1 is 0.929 bits per heavy atom. The van der Waals surface area contributed by atoms with Gasteiger partial charge in [-0.3, -0.25) is 4.79 Å². The van der Waals surface area contributed by atoms with E-state index in [1.165, 1.54) is 0 Å². The third-order valence-corrected chi connectivity index (χ3v) is 4.90. The first-order valence-electron chi connectivity index (χ1n) is 9.59. The highest BCUT2D eigenvalue weighted by atomic mass is 16.7. The fourth-order valence-electron chi connectivity index (χ4n) is 3.57. The molecule has 1 aliphatic heterocycles. The van der Waals surface area contributed by atoms with E-state index in [0.717, 1.165) is 41.0 Å². The molecule has 4 heteroatoms. The summed E-state index contributed by atoms with van der Waals surface area (Å²) in [5, 5.41) is 3.15. The number of ether oxygens (including phenoxy) is 2. The number of nitrogens with one attached hydrogen (secondary N) is 1. The van der Waals surface area contributed by atoms with Gasteiger partial charge < -0.3 is 14.8 Å². The molecule has 0 aliphatic carbocycles. The van der Waals surface area contributed by atoms with Crippen LogP contribution in [0.4, 0.5) is 5.69 Å². The molecular formula is C24H23NO3.